The topological polar surface area (TPSA) is 0 Å². The number of allylic oxidation sites excluding steroid dienone is 2. The van der Waals surface area contributed by atoms with E-state index in [2.05, 4.69) is 31.2 Å². The van der Waals surface area contributed by atoms with Gasteiger partial charge in [-0.2, -0.15) is 0 Å². The summed E-state index contributed by atoms with van der Waals surface area (Å²) in [7, 11) is 0. The first-order chi connectivity index (χ1) is 12.6. The Balaban J connectivity index is 1.61. The van der Waals surface area contributed by atoms with Crippen LogP contribution in [0.3, 0.4) is 0 Å². The van der Waals surface area contributed by atoms with Crippen molar-refractivity contribution in [1.29, 1.82) is 0 Å². The summed E-state index contributed by atoms with van der Waals surface area (Å²) in [6, 6.07) is 6.74. The molecule has 2 aromatic carbocycles. The number of rotatable bonds is 2. The van der Waals surface area contributed by atoms with Crippen LogP contribution in [-0.2, 0) is 25.7 Å². The Hall–Kier alpha value is -2.03. The third-order valence-electron chi connectivity index (χ3n) is 6.02. The Morgan fingerprint density at radius 1 is 0.885 bits per heavy atom. The lowest BCUT2D eigenvalue weighted by molar-refractivity contribution is 0.441. The Bertz CT molecular complexity index is 843. The number of benzene rings is 2. The molecule has 3 heteroatoms. The van der Waals surface area contributed by atoms with Gasteiger partial charge in [0.1, 0.15) is 0 Å². The monoisotopic (exact) mass is 356 g/mol. The summed E-state index contributed by atoms with van der Waals surface area (Å²) in [6.45, 7) is 2.07. The van der Waals surface area contributed by atoms with Crippen LogP contribution < -0.4 is 0 Å². The molecule has 2 aliphatic carbocycles. The molecule has 4 rings (SSSR count). The van der Waals surface area contributed by atoms with Gasteiger partial charge < -0.3 is 0 Å². The number of halogens is 3. The molecule has 0 nitrogen and oxygen atoms in total. The fourth-order valence-corrected chi connectivity index (χ4v) is 4.73. The minimum absolute atomic E-state index is 0.0458. The summed E-state index contributed by atoms with van der Waals surface area (Å²) >= 11 is 0. The highest BCUT2D eigenvalue weighted by Crippen LogP contribution is 2.39. The van der Waals surface area contributed by atoms with Crippen LogP contribution >= 0.6 is 0 Å². The van der Waals surface area contributed by atoms with Crippen LogP contribution in [0.4, 0.5) is 13.2 Å². The van der Waals surface area contributed by atoms with E-state index < -0.39 is 17.5 Å². The molecule has 0 spiro atoms. The van der Waals surface area contributed by atoms with Crippen LogP contribution in [-0.4, -0.2) is 0 Å². The van der Waals surface area contributed by atoms with Crippen molar-refractivity contribution in [3.63, 3.8) is 0 Å². The molecule has 0 fully saturated rings. The largest absolute Gasteiger partial charge is 0.204 e. The number of hydrogen-bond acceptors (Lipinski definition) is 0. The first-order valence-electron chi connectivity index (χ1n) is 9.46. The van der Waals surface area contributed by atoms with Crippen LogP contribution in [0.15, 0.2) is 36.4 Å². The molecule has 2 aliphatic rings. The molecular formula is C23H23F3. The molecule has 2 aromatic rings. The van der Waals surface area contributed by atoms with Gasteiger partial charge in [0.15, 0.2) is 17.5 Å². The predicted octanol–water partition coefficient (Wildman–Crippen LogP) is 6.06. The van der Waals surface area contributed by atoms with Crippen molar-refractivity contribution < 1.29 is 13.2 Å². The molecule has 0 radical (unpaired) electrons. The molecule has 0 aliphatic heterocycles. The summed E-state index contributed by atoms with van der Waals surface area (Å²) in [5.74, 6) is -2.89. The third kappa shape index (κ3) is 3.08. The lowest BCUT2D eigenvalue weighted by Crippen LogP contribution is -2.20. The van der Waals surface area contributed by atoms with Gasteiger partial charge in [-0.15, -0.1) is 0 Å². The van der Waals surface area contributed by atoms with Crippen LogP contribution in [0.25, 0.3) is 0 Å². The highest BCUT2D eigenvalue weighted by atomic mass is 19.2. The smallest absolute Gasteiger partial charge is 0.194 e. The first kappa shape index (κ1) is 17.4. The minimum atomic E-state index is -1.38. The SMILES string of the molecule is C/C=C\[C@H]1CCc2c(ccc3c2CC[C@H](c2cc(F)c(F)c(F)c2)C3)C1. The van der Waals surface area contributed by atoms with Gasteiger partial charge >= 0.3 is 0 Å². The summed E-state index contributed by atoms with van der Waals surface area (Å²) in [5.41, 5.74) is 6.25. The van der Waals surface area contributed by atoms with E-state index in [1.54, 1.807) is 0 Å². The fraction of sp³-hybridized carbons (Fsp3) is 0.391. The van der Waals surface area contributed by atoms with E-state index in [9.17, 15) is 13.2 Å². The van der Waals surface area contributed by atoms with Crippen LogP contribution in [0, 0.1) is 23.4 Å². The van der Waals surface area contributed by atoms with E-state index in [-0.39, 0.29) is 5.92 Å². The second-order valence-electron chi connectivity index (χ2n) is 7.61. The van der Waals surface area contributed by atoms with Crippen molar-refractivity contribution in [2.24, 2.45) is 5.92 Å². The fourth-order valence-electron chi connectivity index (χ4n) is 4.73. The zero-order chi connectivity index (χ0) is 18.3. The first-order valence-corrected chi connectivity index (χ1v) is 9.46. The number of fused-ring (bicyclic) bond motifs is 3. The van der Waals surface area contributed by atoms with Crippen molar-refractivity contribution in [3.05, 3.63) is 81.7 Å². The van der Waals surface area contributed by atoms with E-state index in [4.69, 9.17) is 0 Å². The van der Waals surface area contributed by atoms with Crippen LogP contribution in [0.5, 0.6) is 0 Å². The Morgan fingerprint density at radius 3 is 2.15 bits per heavy atom. The van der Waals surface area contributed by atoms with Crippen LogP contribution in [0.2, 0.25) is 0 Å². The molecular weight excluding hydrogens is 333 g/mol. The summed E-state index contributed by atoms with van der Waals surface area (Å²) < 4.78 is 40.4. The van der Waals surface area contributed by atoms with Gasteiger partial charge in [-0.05, 0) is 97.2 Å². The quantitative estimate of drug-likeness (QED) is 0.453. The van der Waals surface area contributed by atoms with Gasteiger partial charge in [-0.3, -0.25) is 0 Å². The minimum Gasteiger partial charge on any atom is -0.204 e. The van der Waals surface area contributed by atoms with Crippen LogP contribution in [0.1, 0.15) is 53.5 Å². The second kappa shape index (κ2) is 6.94. The standard InChI is InChI=1S/C23H23F3/c1-2-3-14-4-8-19-16(10-14)5-6-17-11-15(7-9-20(17)19)18-12-21(24)23(26)22(25)13-18/h2-3,5-6,12-15H,4,7-11H2,1H3/b3-2-/t14-,15-/m0/s1. The molecule has 0 heterocycles. The molecule has 0 unspecified atom stereocenters. The molecule has 0 amide bonds. The molecule has 0 N–H and O–H groups in total. The van der Waals surface area contributed by atoms with E-state index >= 15 is 0 Å². The van der Waals surface area contributed by atoms with Gasteiger partial charge in [0.2, 0.25) is 0 Å². The van der Waals surface area contributed by atoms with E-state index in [0.717, 1.165) is 44.2 Å². The lowest BCUT2D eigenvalue weighted by atomic mass is 9.74. The third-order valence-corrected chi connectivity index (χ3v) is 6.02. The lowest BCUT2D eigenvalue weighted by Gasteiger charge is -2.31. The van der Waals surface area contributed by atoms with E-state index in [0.29, 0.717) is 11.5 Å². The van der Waals surface area contributed by atoms with Crippen molar-refractivity contribution in [3.8, 4) is 0 Å². The second-order valence-corrected chi connectivity index (χ2v) is 7.61. The highest BCUT2D eigenvalue weighted by molar-refractivity contribution is 5.46. The van der Waals surface area contributed by atoms with Gasteiger partial charge in [-0.1, -0.05) is 24.3 Å². The normalized spacial score (nSPS) is 22.3. The van der Waals surface area contributed by atoms with Crippen molar-refractivity contribution in [2.75, 3.05) is 0 Å². The highest BCUT2D eigenvalue weighted by Gasteiger charge is 2.27. The predicted molar refractivity (Wildman–Crippen MR) is 97.9 cm³/mol. The molecule has 0 aromatic heterocycles. The van der Waals surface area contributed by atoms with Gasteiger partial charge in [-0.25, -0.2) is 13.2 Å². The maximum absolute atomic E-state index is 13.6. The van der Waals surface area contributed by atoms with Gasteiger partial charge in [0, 0.05) is 0 Å². The molecule has 2 atom stereocenters. The van der Waals surface area contributed by atoms with Gasteiger partial charge in [0.05, 0.1) is 0 Å². The maximum Gasteiger partial charge on any atom is 0.194 e. The zero-order valence-electron chi connectivity index (χ0n) is 15.0. The Kier molecular flexibility index (Phi) is 4.64. The van der Waals surface area contributed by atoms with Crippen molar-refractivity contribution in [2.45, 2.75) is 51.4 Å². The Labute approximate surface area is 152 Å². The molecule has 0 saturated heterocycles. The zero-order valence-corrected chi connectivity index (χ0v) is 15.0. The average Bonchev–Trinajstić information content (AvgIpc) is 2.65. The summed E-state index contributed by atoms with van der Waals surface area (Å²) in [5, 5.41) is 0. The molecule has 26 heavy (non-hydrogen) atoms. The van der Waals surface area contributed by atoms with Gasteiger partial charge in [0.25, 0.3) is 0 Å². The van der Waals surface area contributed by atoms with Crippen molar-refractivity contribution in [1.82, 2.24) is 0 Å². The average molecular weight is 356 g/mol. The summed E-state index contributed by atoms with van der Waals surface area (Å²) in [4.78, 5) is 0. The molecule has 0 saturated carbocycles. The maximum atomic E-state index is 13.6. The molecule has 0 bridgehead atoms. The Morgan fingerprint density at radius 2 is 1.50 bits per heavy atom. The summed E-state index contributed by atoms with van der Waals surface area (Å²) in [6.07, 6.45) is 10.4. The number of hydrogen-bond donors (Lipinski definition) is 0. The van der Waals surface area contributed by atoms with E-state index in [1.807, 2.05) is 0 Å². The molecule has 136 valence electrons. The van der Waals surface area contributed by atoms with Crippen molar-refractivity contribution >= 4 is 0 Å². The van der Waals surface area contributed by atoms with E-state index in [1.165, 1.54) is 28.7 Å².